The number of halogens is 4. The standard InChI is InChI=1S/C16H22FN3O7.3C15H20FN3O7S/c1-7(2)10(18)15(25)26-6-16(17)12(23)11(22)14(27-16)20-4-9(5-21)13(24)19-8(20)3;3*1-6(2)8(17)13(24)25-5-15(16)10(22)9(21)12(26-15)19-3-7(4-20)11(23)18-14(19)27/h4-5,7,10-12,14,22-23H,3,6,18H2,1-2H3,(H,19,24);3*3-4,6,8-10,12,21-22H,5,17H2,1-2H3,(H,18,23,27)/t10-,11+,12-,14+,16+;3*8-,9+,10-,12+,15+/m0000/s1/i6D2,14D;12D;5D2;. The van der Waals surface area contributed by atoms with Crippen molar-refractivity contribution in [1.82, 2.24) is 38.9 Å². The van der Waals surface area contributed by atoms with Crippen molar-refractivity contribution in [3.8, 4) is 0 Å². The van der Waals surface area contributed by atoms with Gasteiger partial charge in [-0.3, -0.25) is 86.2 Å². The summed E-state index contributed by atoms with van der Waals surface area (Å²) in [6.07, 6.45) is -23.5. The molecule has 108 heavy (non-hydrogen) atoms. The minimum Gasteiger partial charge on any atom is -0.458 e. The molecule has 3 aromatic heterocycles. The Bertz CT molecular complexity index is 4590. The maximum atomic E-state index is 15.5. The van der Waals surface area contributed by atoms with Crippen molar-refractivity contribution in [2.75, 3.05) is 26.3 Å². The van der Waals surface area contributed by atoms with Crippen molar-refractivity contribution >= 4 is 91.6 Å². The molecule has 0 radical (unpaired) electrons. The number of amides is 1. The zero-order valence-corrected chi connectivity index (χ0v) is 60.2. The van der Waals surface area contributed by atoms with E-state index in [9.17, 15) is 103 Å². The van der Waals surface area contributed by atoms with Gasteiger partial charge in [-0.2, -0.15) is 0 Å². The van der Waals surface area contributed by atoms with Gasteiger partial charge in [0.05, 0.1) is 30.5 Å². The van der Waals surface area contributed by atoms with Crippen molar-refractivity contribution in [2.24, 2.45) is 46.6 Å². The van der Waals surface area contributed by atoms with Crippen LogP contribution in [-0.2, 0) is 66.7 Å². The zero-order valence-electron chi connectivity index (χ0n) is 63.7. The first-order valence-corrected chi connectivity index (χ1v) is 32.7. The predicted octanol–water partition coefficient (Wildman–Crippen LogP) is -4.27. The van der Waals surface area contributed by atoms with E-state index in [1.165, 1.54) is 13.8 Å². The number of esters is 4. The van der Waals surface area contributed by atoms with E-state index >= 15 is 13.2 Å². The monoisotopic (exact) mass is 1610 g/mol. The number of carbonyl (C=O) groups is 9. The molecule has 5 aliphatic heterocycles. The first-order valence-electron chi connectivity index (χ1n) is 34.4. The molecule has 8 heterocycles. The molecule has 5 aliphatic rings. The van der Waals surface area contributed by atoms with Crippen LogP contribution in [0, 0.1) is 38.0 Å². The number of ether oxygens (including phenoxy) is 8. The number of H-pyrrole nitrogens is 3. The predicted molar refractivity (Wildman–Crippen MR) is 361 cm³/mol. The molecule has 20 N–H and O–H groups in total. The average Bonchev–Trinajstić information content (AvgIpc) is 1.49. The van der Waals surface area contributed by atoms with Crippen LogP contribution in [0.15, 0.2) is 57.1 Å². The quantitative estimate of drug-likeness (QED) is 0.0101. The largest absolute Gasteiger partial charge is 0.458 e. The summed E-state index contributed by atoms with van der Waals surface area (Å²) in [6.45, 7) is 6.70. The number of aromatic nitrogens is 6. The molecule has 3 aromatic rings. The minimum atomic E-state index is -3.93. The van der Waals surface area contributed by atoms with Crippen LogP contribution in [0.3, 0.4) is 0 Å². The van der Waals surface area contributed by atoms with Gasteiger partial charge in [-0.15, -0.1) is 0 Å². The molecular formula is C61H82F4N12O28S3. The van der Waals surface area contributed by atoms with Gasteiger partial charge in [0.25, 0.3) is 46.0 Å². The lowest BCUT2D eigenvalue weighted by atomic mass is 10.1. The number of nitrogens with two attached hydrogens (primary N) is 4. The maximum absolute atomic E-state index is 15.5. The first kappa shape index (κ1) is 80.7. The number of carbonyl (C=O) groups excluding carboxylic acids is 9. The van der Waals surface area contributed by atoms with E-state index < -0.39 is 238 Å². The highest BCUT2D eigenvalue weighted by Crippen LogP contribution is 2.42. The van der Waals surface area contributed by atoms with E-state index in [1.807, 2.05) is 0 Å². The molecule has 47 heteroatoms. The molecular weight excluding hydrogens is 1520 g/mol. The number of nitrogens with one attached hydrogen (secondary N) is 4. The number of hydrogen-bond donors (Lipinski definition) is 16. The van der Waals surface area contributed by atoms with Crippen LogP contribution in [0.1, 0.15) is 113 Å². The summed E-state index contributed by atoms with van der Waals surface area (Å²) in [7, 11) is 0. The van der Waals surface area contributed by atoms with E-state index in [1.54, 1.807) is 41.5 Å². The molecule has 1 amide bonds. The molecule has 0 saturated carbocycles. The third-order valence-electron chi connectivity index (χ3n) is 16.1. The van der Waals surface area contributed by atoms with Gasteiger partial charge in [-0.1, -0.05) is 62.0 Å². The summed E-state index contributed by atoms with van der Waals surface area (Å²) < 4.78 is 148. The second-order valence-electron chi connectivity index (χ2n) is 25.3. The molecule has 0 unspecified atom stereocenters. The van der Waals surface area contributed by atoms with Gasteiger partial charge in [0.2, 0.25) is 0 Å². The molecule has 8 rings (SSSR count). The van der Waals surface area contributed by atoms with Crippen LogP contribution in [0.2, 0.25) is 0 Å². The van der Waals surface area contributed by atoms with Crippen molar-refractivity contribution in [2.45, 2.75) is 177 Å². The van der Waals surface area contributed by atoms with Gasteiger partial charge < -0.3 is 112 Å². The lowest BCUT2D eigenvalue weighted by molar-refractivity contribution is -0.219. The molecule has 20 atom stereocenters. The number of aliphatic hydroxyl groups excluding tert-OH is 8. The third-order valence-corrected chi connectivity index (χ3v) is 17.0. The molecule has 4 saturated heterocycles. The topological polar surface area (TPSA) is 622 Å². The van der Waals surface area contributed by atoms with Crippen LogP contribution in [0.5, 0.6) is 0 Å². The summed E-state index contributed by atoms with van der Waals surface area (Å²) in [5.41, 5.74) is 18.0. The highest BCUT2D eigenvalue weighted by molar-refractivity contribution is 7.71. The van der Waals surface area contributed by atoms with Gasteiger partial charge in [0.15, 0.2) is 90.7 Å². The van der Waals surface area contributed by atoms with Crippen molar-refractivity contribution < 1.29 is 148 Å². The number of hydrogen-bond acceptors (Lipinski definition) is 36. The van der Waals surface area contributed by atoms with Gasteiger partial charge in [0.1, 0.15) is 78.8 Å². The van der Waals surface area contributed by atoms with E-state index in [0.717, 1.165) is 27.7 Å². The van der Waals surface area contributed by atoms with Crippen LogP contribution in [0.25, 0.3) is 0 Å². The van der Waals surface area contributed by atoms with E-state index in [2.05, 4.69) is 36.3 Å². The second kappa shape index (κ2) is 36.9. The SMILES string of the molecule is CC(C)[C@H](N)C(=O)OC[C@@]1(F)O[C@@H](n2cc(C=O)c(=O)[nH]c2=S)[C@H](O)[C@@H]1O.[2H]C([2H])(OC(=O)[C@@H](N)C(C)C)[C@@]1(F)O[C@@H](n2cc(C=O)c(=O)[nH]c2=S)[C@H](O)[C@@H]1O.[2H]C([2H])(OC(=O)[C@@H](N)C(C)C)[C@@]1(F)O[C@@]([2H])(N2C=C(C=O)C(=O)NC2=C)[C@H](O)[C@@H]1O.[2H][C@@]1(n2cc(C=O)c(=O)[nH]c2=S)O[C@](F)(COC(=O)[C@@H](N)C(C)C)[C@@H](O)[C@H]1O. The molecule has 0 spiro atoms. The van der Waals surface area contributed by atoms with Gasteiger partial charge in [0, 0.05) is 24.8 Å². The normalized spacial score (nSPS) is 32.2. The Morgan fingerprint density at radius 2 is 0.815 bits per heavy atom. The van der Waals surface area contributed by atoms with E-state index in [-0.39, 0.29) is 47.3 Å². The van der Waals surface area contributed by atoms with Crippen LogP contribution in [0.4, 0.5) is 17.6 Å². The minimum absolute atomic E-state index is 0.104. The molecule has 0 aromatic carbocycles. The fourth-order valence-electron chi connectivity index (χ4n) is 9.04. The number of aldehydes is 4. The number of alkyl halides is 4. The Labute approximate surface area is 630 Å². The lowest BCUT2D eigenvalue weighted by Gasteiger charge is -2.33. The highest BCUT2D eigenvalue weighted by atomic mass is 32.1. The van der Waals surface area contributed by atoms with Crippen LogP contribution < -0.4 is 44.9 Å². The zero-order chi connectivity index (χ0) is 87.5. The Kier molecular flexibility index (Phi) is 27.6. The Hall–Kier alpha value is -8.31. The summed E-state index contributed by atoms with van der Waals surface area (Å²) >= 11 is 14.7. The lowest BCUT2D eigenvalue weighted by Crippen LogP contribution is -2.48. The number of nitrogens with zero attached hydrogens (tertiary/aromatic N) is 4. The van der Waals surface area contributed by atoms with Crippen molar-refractivity contribution in [3.63, 3.8) is 0 Å². The summed E-state index contributed by atoms with van der Waals surface area (Å²) in [4.78, 5) is 145. The second-order valence-corrected chi connectivity index (χ2v) is 26.5. The molecule has 4 fully saturated rings. The third kappa shape index (κ3) is 20.4. The summed E-state index contributed by atoms with van der Waals surface area (Å²) in [6, 6.07) is -4.68. The smallest absolute Gasteiger partial charge is 0.323 e. The van der Waals surface area contributed by atoms with Crippen LogP contribution >= 0.6 is 36.7 Å². The summed E-state index contributed by atoms with van der Waals surface area (Å²) in [5.74, 6) is -21.2. The summed E-state index contributed by atoms with van der Waals surface area (Å²) in [5, 5.41) is 83.3. The Morgan fingerprint density at radius 3 is 1.19 bits per heavy atom. The molecule has 0 aliphatic carbocycles. The van der Waals surface area contributed by atoms with Gasteiger partial charge >= 0.3 is 23.9 Å². The number of aromatic amines is 3. The van der Waals surface area contributed by atoms with Crippen molar-refractivity contribution in [1.29, 1.82) is 0 Å². The van der Waals surface area contributed by atoms with E-state index in [0.29, 0.717) is 15.7 Å². The van der Waals surface area contributed by atoms with Gasteiger partial charge in [-0.05, 0) is 60.3 Å². The molecule has 600 valence electrons. The van der Waals surface area contributed by atoms with Crippen molar-refractivity contribution in [3.05, 3.63) is 105 Å². The maximum Gasteiger partial charge on any atom is 0.323 e. The van der Waals surface area contributed by atoms with E-state index in [4.69, 9.17) is 96.2 Å². The van der Waals surface area contributed by atoms with Crippen LogP contribution in [-0.4, -0.2) is 258 Å². The molecule has 0 bridgehead atoms. The number of aliphatic hydroxyl groups is 8. The Balaban J connectivity index is 0.000000272. The fraction of sp³-hybridized carbons (Fsp3) is 0.590. The first-order chi connectivity index (χ1) is 52.3. The fourth-order valence-corrected chi connectivity index (χ4v) is 9.78. The highest BCUT2D eigenvalue weighted by Gasteiger charge is 2.61. The average molecular weight is 1610 g/mol. The number of rotatable bonds is 24. The molecule has 40 nitrogen and oxygen atoms in total. The Morgan fingerprint density at radius 1 is 0.519 bits per heavy atom. The van der Waals surface area contributed by atoms with Gasteiger partial charge in [-0.25, -0.2) is 17.6 Å².